The smallest absolute Gasteiger partial charge is 0.291 e. The molecule has 7 nitrogen and oxygen atoms in total. The minimum absolute atomic E-state index is 0.107. The van der Waals surface area contributed by atoms with E-state index in [9.17, 15) is 4.79 Å². The number of hydrogen-bond acceptors (Lipinski definition) is 5. The number of fused-ring (bicyclic) bond motifs is 1. The van der Waals surface area contributed by atoms with E-state index in [0.29, 0.717) is 5.78 Å². The summed E-state index contributed by atoms with van der Waals surface area (Å²) in [5, 5.41) is 7.25. The van der Waals surface area contributed by atoms with Gasteiger partial charge in [0.15, 0.2) is 0 Å². The Morgan fingerprint density at radius 2 is 1.96 bits per heavy atom. The fourth-order valence-corrected chi connectivity index (χ4v) is 2.58. The van der Waals surface area contributed by atoms with Crippen LogP contribution in [-0.2, 0) is 0 Å². The van der Waals surface area contributed by atoms with Gasteiger partial charge in [-0.15, -0.1) is 5.10 Å². The van der Waals surface area contributed by atoms with Gasteiger partial charge in [0.25, 0.3) is 11.7 Å². The second kappa shape index (κ2) is 6.35. The van der Waals surface area contributed by atoms with Crippen molar-refractivity contribution in [1.82, 2.24) is 29.9 Å². The van der Waals surface area contributed by atoms with Gasteiger partial charge in [-0.05, 0) is 37.5 Å². The third-order valence-electron chi connectivity index (χ3n) is 3.93. The van der Waals surface area contributed by atoms with Gasteiger partial charge in [-0.1, -0.05) is 19.9 Å². The van der Waals surface area contributed by atoms with Crippen molar-refractivity contribution in [3.05, 3.63) is 53.4 Å². The van der Waals surface area contributed by atoms with Crippen LogP contribution < -0.4 is 5.32 Å². The molecule has 3 rings (SSSR count). The summed E-state index contributed by atoms with van der Waals surface area (Å²) in [6, 6.07) is 5.48. The van der Waals surface area contributed by atoms with Gasteiger partial charge in [0.1, 0.15) is 0 Å². The van der Waals surface area contributed by atoms with E-state index in [1.165, 1.54) is 0 Å². The van der Waals surface area contributed by atoms with E-state index in [0.717, 1.165) is 17.0 Å². The summed E-state index contributed by atoms with van der Waals surface area (Å²) in [5.41, 5.74) is 2.77. The third kappa shape index (κ3) is 2.97. The Kier molecular flexibility index (Phi) is 4.24. The summed E-state index contributed by atoms with van der Waals surface area (Å²) in [5.74, 6) is 0.370. The quantitative estimate of drug-likeness (QED) is 0.795. The number of carbonyl (C=O) groups is 1. The van der Waals surface area contributed by atoms with E-state index in [2.05, 4.69) is 25.4 Å². The standard InChI is InChI=1S/C17H20N6O/c1-10(2)13(14-11(3)6-5-8-18-14)20-16(24)15-21-17-19-9-7-12(4)23(17)22-15/h5-10,13H,1-4H3,(H,20,24). The molecule has 3 aromatic heterocycles. The Morgan fingerprint density at radius 1 is 1.17 bits per heavy atom. The fraction of sp³-hybridized carbons (Fsp3) is 0.353. The highest BCUT2D eigenvalue weighted by molar-refractivity contribution is 5.91. The van der Waals surface area contributed by atoms with Crippen LogP contribution in [0, 0.1) is 19.8 Å². The van der Waals surface area contributed by atoms with Gasteiger partial charge in [0, 0.05) is 18.1 Å². The minimum Gasteiger partial charge on any atom is -0.341 e. The average molecular weight is 324 g/mol. The first-order valence-electron chi connectivity index (χ1n) is 7.88. The zero-order chi connectivity index (χ0) is 17.3. The van der Waals surface area contributed by atoms with E-state index in [1.54, 1.807) is 16.9 Å². The normalized spacial score (nSPS) is 12.5. The van der Waals surface area contributed by atoms with Gasteiger partial charge in [0.05, 0.1) is 11.7 Å². The number of amides is 1. The lowest BCUT2D eigenvalue weighted by Crippen LogP contribution is -2.33. The highest BCUT2D eigenvalue weighted by atomic mass is 16.2. The number of rotatable bonds is 4. The van der Waals surface area contributed by atoms with Crippen molar-refractivity contribution in [2.75, 3.05) is 0 Å². The van der Waals surface area contributed by atoms with Crippen LogP contribution in [0.4, 0.5) is 0 Å². The molecule has 3 aromatic rings. The third-order valence-corrected chi connectivity index (χ3v) is 3.93. The fourth-order valence-electron chi connectivity index (χ4n) is 2.58. The summed E-state index contributed by atoms with van der Waals surface area (Å²) in [4.78, 5) is 25.4. The molecular weight excluding hydrogens is 304 g/mol. The molecule has 0 aliphatic rings. The molecular formula is C17H20N6O. The summed E-state index contributed by atoms with van der Waals surface area (Å²) >= 11 is 0. The Labute approximate surface area is 140 Å². The van der Waals surface area contributed by atoms with Crippen molar-refractivity contribution >= 4 is 11.7 Å². The maximum absolute atomic E-state index is 12.6. The summed E-state index contributed by atoms with van der Waals surface area (Å²) in [6.07, 6.45) is 3.38. The molecule has 24 heavy (non-hydrogen) atoms. The summed E-state index contributed by atoms with van der Waals surface area (Å²) in [7, 11) is 0. The predicted octanol–water partition coefficient (Wildman–Crippen LogP) is 2.26. The van der Waals surface area contributed by atoms with Crippen LogP contribution in [0.5, 0.6) is 0 Å². The SMILES string of the molecule is Cc1cccnc1C(NC(=O)c1nc2nccc(C)n2n1)C(C)C. The molecule has 0 aliphatic carbocycles. The van der Waals surface area contributed by atoms with Gasteiger partial charge in [-0.2, -0.15) is 4.98 Å². The molecule has 0 bridgehead atoms. The zero-order valence-corrected chi connectivity index (χ0v) is 14.2. The van der Waals surface area contributed by atoms with Gasteiger partial charge < -0.3 is 5.32 Å². The molecule has 1 unspecified atom stereocenters. The van der Waals surface area contributed by atoms with Crippen molar-refractivity contribution < 1.29 is 4.79 Å². The van der Waals surface area contributed by atoms with Crippen LogP contribution in [0.25, 0.3) is 5.78 Å². The van der Waals surface area contributed by atoms with Crippen LogP contribution >= 0.6 is 0 Å². The average Bonchev–Trinajstić information content (AvgIpc) is 2.99. The molecule has 0 aromatic carbocycles. The molecule has 0 saturated heterocycles. The lowest BCUT2D eigenvalue weighted by Gasteiger charge is -2.22. The predicted molar refractivity (Wildman–Crippen MR) is 89.5 cm³/mol. The van der Waals surface area contributed by atoms with Crippen molar-refractivity contribution in [2.24, 2.45) is 5.92 Å². The van der Waals surface area contributed by atoms with Crippen LogP contribution in [0.15, 0.2) is 30.6 Å². The number of aryl methyl sites for hydroxylation is 2. The topological polar surface area (TPSA) is 85.1 Å². The Balaban J connectivity index is 1.90. The van der Waals surface area contributed by atoms with Crippen molar-refractivity contribution in [3.8, 4) is 0 Å². The molecule has 1 atom stereocenters. The van der Waals surface area contributed by atoms with E-state index in [4.69, 9.17) is 0 Å². The van der Waals surface area contributed by atoms with E-state index < -0.39 is 0 Å². The molecule has 3 heterocycles. The minimum atomic E-state index is -0.330. The molecule has 1 N–H and O–H groups in total. The second-order valence-electron chi connectivity index (χ2n) is 6.13. The molecule has 124 valence electrons. The van der Waals surface area contributed by atoms with Gasteiger partial charge in [-0.3, -0.25) is 9.78 Å². The Bertz CT molecular complexity index is 886. The maximum Gasteiger partial charge on any atom is 0.291 e. The first-order valence-corrected chi connectivity index (χ1v) is 7.88. The van der Waals surface area contributed by atoms with Crippen molar-refractivity contribution in [3.63, 3.8) is 0 Å². The Morgan fingerprint density at radius 3 is 2.62 bits per heavy atom. The van der Waals surface area contributed by atoms with Crippen LogP contribution in [0.2, 0.25) is 0 Å². The second-order valence-corrected chi connectivity index (χ2v) is 6.13. The first-order chi connectivity index (χ1) is 11.5. The zero-order valence-electron chi connectivity index (χ0n) is 14.2. The highest BCUT2D eigenvalue weighted by Gasteiger charge is 2.24. The molecule has 7 heteroatoms. The lowest BCUT2D eigenvalue weighted by molar-refractivity contribution is 0.0914. The Hall–Kier alpha value is -2.83. The van der Waals surface area contributed by atoms with Crippen LogP contribution in [0.1, 0.15) is 47.5 Å². The molecule has 1 amide bonds. The highest BCUT2D eigenvalue weighted by Crippen LogP contribution is 2.22. The number of pyridine rings is 1. The van der Waals surface area contributed by atoms with Crippen LogP contribution in [-0.4, -0.2) is 30.5 Å². The molecule has 0 saturated carbocycles. The van der Waals surface area contributed by atoms with E-state index in [1.807, 2.05) is 45.9 Å². The number of nitrogens with zero attached hydrogens (tertiary/aromatic N) is 5. The van der Waals surface area contributed by atoms with Crippen molar-refractivity contribution in [2.45, 2.75) is 33.7 Å². The number of carbonyl (C=O) groups excluding carboxylic acids is 1. The van der Waals surface area contributed by atoms with Gasteiger partial charge in [0.2, 0.25) is 5.82 Å². The lowest BCUT2D eigenvalue weighted by atomic mass is 9.97. The molecule has 0 spiro atoms. The molecule has 0 aliphatic heterocycles. The largest absolute Gasteiger partial charge is 0.341 e. The van der Waals surface area contributed by atoms with Gasteiger partial charge in [-0.25, -0.2) is 9.50 Å². The molecule has 0 fully saturated rings. The molecule has 0 radical (unpaired) electrons. The van der Waals surface area contributed by atoms with E-state index >= 15 is 0 Å². The first kappa shape index (κ1) is 16.0. The monoisotopic (exact) mass is 324 g/mol. The summed E-state index contributed by atoms with van der Waals surface area (Å²) < 4.78 is 1.56. The van der Waals surface area contributed by atoms with Gasteiger partial charge >= 0.3 is 0 Å². The number of hydrogen-bond donors (Lipinski definition) is 1. The van der Waals surface area contributed by atoms with Crippen LogP contribution in [0.3, 0.4) is 0 Å². The number of nitrogens with one attached hydrogen (secondary N) is 1. The maximum atomic E-state index is 12.6. The van der Waals surface area contributed by atoms with Crippen molar-refractivity contribution in [1.29, 1.82) is 0 Å². The van der Waals surface area contributed by atoms with E-state index in [-0.39, 0.29) is 23.7 Å². The summed E-state index contributed by atoms with van der Waals surface area (Å²) in [6.45, 7) is 7.96. The number of aromatic nitrogens is 5.